The van der Waals surface area contributed by atoms with E-state index < -0.39 is 10.0 Å². The number of nitrogens with one attached hydrogen (secondary N) is 1. The standard InChI is InChI=1S/C26H30N4O5S/c1-18-5-4-14-30(17-18)36(31,32)21-9-7-20(8-10-21)25-29-22(16-27)26(35-25)28-13-12-19-6-11-23(33-2)24(15-19)34-3/h6-11,15,18,28H,4-5,12-14,17H2,1-3H3/t18-/m1/s1. The summed E-state index contributed by atoms with van der Waals surface area (Å²) in [4.78, 5) is 4.52. The van der Waals surface area contributed by atoms with Gasteiger partial charge < -0.3 is 19.2 Å². The SMILES string of the molecule is COc1ccc(CCNc2oc(-c3ccc(S(=O)(=O)N4CCC[C@@H](C)C4)cc3)nc2C#N)cc1OC. The van der Waals surface area contributed by atoms with Crippen molar-refractivity contribution in [3.8, 4) is 29.0 Å². The third-order valence-corrected chi connectivity index (χ3v) is 8.12. The van der Waals surface area contributed by atoms with Gasteiger partial charge in [-0.1, -0.05) is 13.0 Å². The van der Waals surface area contributed by atoms with Crippen LogP contribution in [0.1, 0.15) is 31.0 Å². The Balaban J connectivity index is 1.45. The molecular weight excluding hydrogens is 480 g/mol. The summed E-state index contributed by atoms with van der Waals surface area (Å²) in [6.07, 6.45) is 2.57. The van der Waals surface area contributed by atoms with Crippen molar-refractivity contribution in [3.63, 3.8) is 0 Å². The molecule has 0 amide bonds. The Morgan fingerprint density at radius 2 is 1.92 bits per heavy atom. The summed E-state index contributed by atoms with van der Waals surface area (Å²) in [5.74, 6) is 2.17. The lowest BCUT2D eigenvalue weighted by molar-refractivity contribution is 0.281. The van der Waals surface area contributed by atoms with Crippen molar-refractivity contribution in [2.24, 2.45) is 5.92 Å². The maximum absolute atomic E-state index is 13.0. The summed E-state index contributed by atoms with van der Waals surface area (Å²) >= 11 is 0. The first kappa shape index (κ1) is 25.5. The number of aromatic nitrogens is 1. The number of rotatable bonds is 9. The highest BCUT2D eigenvalue weighted by Crippen LogP contribution is 2.30. The number of hydrogen-bond acceptors (Lipinski definition) is 8. The van der Waals surface area contributed by atoms with Crippen molar-refractivity contribution in [2.45, 2.75) is 31.1 Å². The third kappa shape index (κ3) is 5.48. The van der Waals surface area contributed by atoms with E-state index in [1.54, 1.807) is 42.8 Å². The molecule has 1 N–H and O–H groups in total. The van der Waals surface area contributed by atoms with Crippen LogP contribution in [0.3, 0.4) is 0 Å². The molecule has 3 aromatic rings. The van der Waals surface area contributed by atoms with Crippen molar-refractivity contribution in [1.29, 1.82) is 5.26 Å². The second-order valence-corrected chi connectivity index (χ2v) is 10.7. The molecule has 2 aromatic carbocycles. The van der Waals surface area contributed by atoms with Crippen LogP contribution >= 0.6 is 0 Å². The van der Waals surface area contributed by atoms with E-state index in [1.807, 2.05) is 24.3 Å². The molecule has 36 heavy (non-hydrogen) atoms. The highest BCUT2D eigenvalue weighted by molar-refractivity contribution is 7.89. The number of nitriles is 1. The first-order chi connectivity index (χ1) is 17.3. The normalized spacial score (nSPS) is 16.3. The van der Waals surface area contributed by atoms with Crippen LogP contribution in [0.25, 0.3) is 11.5 Å². The Morgan fingerprint density at radius 3 is 2.58 bits per heavy atom. The predicted octanol–water partition coefficient (Wildman–Crippen LogP) is 4.31. The first-order valence-corrected chi connectivity index (χ1v) is 13.3. The molecular formula is C26H30N4O5S. The van der Waals surface area contributed by atoms with Crippen LogP contribution in [0, 0.1) is 17.2 Å². The number of methoxy groups -OCH3 is 2. The first-order valence-electron chi connectivity index (χ1n) is 11.8. The van der Waals surface area contributed by atoms with Gasteiger partial charge in [0, 0.05) is 25.2 Å². The fourth-order valence-corrected chi connectivity index (χ4v) is 5.88. The number of ether oxygens (including phenoxy) is 2. The minimum absolute atomic E-state index is 0.135. The molecule has 1 aromatic heterocycles. The van der Waals surface area contributed by atoms with E-state index in [-0.39, 0.29) is 22.4 Å². The van der Waals surface area contributed by atoms with Gasteiger partial charge in [-0.05, 0) is 67.1 Å². The lowest BCUT2D eigenvalue weighted by Crippen LogP contribution is -2.39. The molecule has 9 nitrogen and oxygen atoms in total. The number of oxazole rings is 1. The predicted molar refractivity (Wildman–Crippen MR) is 136 cm³/mol. The van der Waals surface area contributed by atoms with Crippen LogP contribution in [-0.4, -0.2) is 51.6 Å². The average molecular weight is 511 g/mol. The molecule has 0 spiro atoms. The summed E-state index contributed by atoms with van der Waals surface area (Å²) in [6, 6.07) is 14.2. The van der Waals surface area contributed by atoms with E-state index in [1.165, 1.54) is 0 Å². The molecule has 1 aliphatic rings. The maximum Gasteiger partial charge on any atom is 0.243 e. The Labute approximate surface area is 211 Å². The van der Waals surface area contributed by atoms with E-state index >= 15 is 0 Å². The van der Waals surface area contributed by atoms with Crippen molar-refractivity contribution in [3.05, 3.63) is 53.7 Å². The molecule has 4 rings (SSSR count). The Morgan fingerprint density at radius 1 is 1.17 bits per heavy atom. The maximum atomic E-state index is 13.0. The number of nitrogens with zero attached hydrogens (tertiary/aromatic N) is 3. The second kappa shape index (κ2) is 11.0. The topological polar surface area (TPSA) is 118 Å². The smallest absolute Gasteiger partial charge is 0.243 e. The van der Waals surface area contributed by atoms with Gasteiger partial charge in [0.05, 0.1) is 19.1 Å². The summed E-state index contributed by atoms with van der Waals surface area (Å²) in [5.41, 5.74) is 1.75. The number of piperidine rings is 1. The van der Waals surface area contributed by atoms with Crippen molar-refractivity contribution < 1.29 is 22.3 Å². The zero-order chi connectivity index (χ0) is 25.7. The van der Waals surface area contributed by atoms with Gasteiger partial charge in [0.25, 0.3) is 0 Å². The van der Waals surface area contributed by atoms with Crippen LogP contribution in [0.5, 0.6) is 11.5 Å². The molecule has 0 unspecified atom stereocenters. The lowest BCUT2D eigenvalue weighted by Gasteiger charge is -2.30. The van der Waals surface area contributed by atoms with E-state index in [0.717, 1.165) is 18.4 Å². The summed E-state index contributed by atoms with van der Waals surface area (Å²) < 4.78 is 44.0. The zero-order valence-corrected chi connectivity index (χ0v) is 21.5. The second-order valence-electron chi connectivity index (χ2n) is 8.81. The molecule has 0 saturated carbocycles. The number of benzene rings is 2. The number of anilines is 1. The van der Waals surface area contributed by atoms with Crippen molar-refractivity contribution >= 4 is 15.9 Å². The minimum atomic E-state index is -3.55. The van der Waals surface area contributed by atoms with E-state index in [4.69, 9.17) is 13.9 Å². The molecule has 2 heterocycles. The van der Waals surface area contributed by atoms with Crippen LogP contribution in [0.15, 0.2) is 51.8 Å². The molecule has 0 aliphatic carbocycles. The monoisotopic (exact) mass is 510 g/mol. The van der Waals surface area contributed by atoms with Gasteiger partial charge in [0.1, 0.15) is 6.07 Å². The minimum Gasteiger partial charge on any atom is -0.493 e. The van der Waals surface area contributed by atoms with Gasteiger partial charge in [-0.25, -0.2) is 8.42 Å². The van der Waals surface area contributed by atoms with E-state index in [0.29, 0.717) is 49.0 Å². The van der Waals surface area contributed by atoms with Gasteiger partial charge in [-0.2, -0.15) is 14.6 Å². The van der Waals surface area contributed by atoms with Gasteiger partial charge in [-0.15, -0.1) is 0 Å². The molecule has 0 radical (unpaired) electrons. The quantitative estimate of drug-likeness (QED) is 0.453. The van der Waals surface area contributed by atoms with Crippen molar-refractivity contribution in [1.82, 2.24) is 9.29 Å². The Bertz CT molecular complexity index is 1350. The van der Waals surface area contributed by atoms with Gasteiger partial charge >= 0.3 is 0 Å². The fourth-order valence-electron chi connectivity index (χ4n) is 4.28. The van der Waals surface area contributed by atoms with Gasteiger partial charge in [-0.3, -0.25) is 0 Å². The largest absolute Gasteiger partial charge is 0.493 e. The van der Waals surface area contributed by atoms with Crippen LogP contribution < -0.4 is 14.8 Å². The Hall–Kier alpha value is -3.55. The van der Waals surface area contributed by atoms with E-state index in [2.05, 4.69) is 17.2 Å². The molecule has 10 heteroatoms. The molecule has 1 saturated heterocycles. The van der Waals surface area contributed by atoms with Crippen LogP contribution in [-0.2, 0) is 16.4 Å². The fraction of sp³-hybridized carbons (Fsp3) is 0.385. The average Bonchev–Trinajstić information content (AvgIpc) is 3.31. The Kier molecular flexibility index (Phi) is 7.82. The number of sulfonamides is 1. The highest BCUT2D eigenvalue weighted by Gasteiger charge is 2.28. The molecule has 1 aliphatic heterocycles. The third-order valence-electron chi connectivity index (χ3n) is 6.24. The van der Waals surface area contributed by atoms with E-state index in [9.17, 15) is 13.7 Å². The molecule has 1 fully saturated rings. The summed E-state index contributed by atoms with van der Waals surface area (Å²) in [7, 11) is -0.371. The van der Waals surface area contributed by atoms with Gasteiger partial charge in [0.2, 0.25) is 27.5 Å². The molecule has 0 bridgehead atoms. The zero-order valence-electron chi connectivity index (χ0n) is 20.7. The summed E-state index contributed by atoms with van der Waals surface area (Å²) in [5, 5.41) is 12.6. The van der Waals surface area contributed by atoms with Crippen molar-refractivity contribution in [2.75, 3.05) is 39.2 Å². The van der Waals surface area contributed by atoms with Crippen LogP contribution in [0.2, 0.25) is 0 Å². The highest BCUT2D eigenvalue weighted by atomic mass is 32.2. The lowest BCUT2D eigenvalue weighted by atomic mass is 10.0. The molecule has 1 atom stereocenters. The number of hydrogen-bond donors (Lipinski definition) is 1. The van der Waals surface area contributed by atoms with Gasteiger partial charge in [0.15, 0.2) is 11.5 Å². The summed E-state index contributed by atoms with van der Waals surface area (Å²) in [6.45, 7) is 3.65. The molecule has 190 valence electrons. The van der Waals surface area contributed by atoms with Crippen LogP contribution in [0.4, 0.5) is 5.88 Å².